The third-order valence-corrected chi connectivity index (χ3v) is 5.70. The van der Waals surface area contributed by atoms with Crippen LogP contribution in [0.15, 0.2) is 73.1 Å². The summed E-state index contributed by atoms with van der Waals surface area (Å²) in [7, 11) is 1.60. The molecule has 1 aromatic heterocycles. The van der Waals surface area contributed by atoms with Gasteiger partial charge in [-0.1, -0.05) is 18.2 Å². The molecule has 0 bridgehead atoms. The number of ether oxygens (including phenoxy) is 1. The molecule has 8 heteroatoms. The molecule has 1 fully saturated rings. The quantitative estimate of drug-likeness (QED) is 0.613. The molecule has 0 spiro atoms. The average molecular weight is 459 g/mol. The second-order valence-electron chi connectivity index (χ2n) is 7.98. The van der Waals surface area contributed by atoms with E-state index in [-0.39, 0.29) is 17.7 Å². The minimum Gasteiger partial charge on any atom is -0.497 e. The highest BCUT2D eigenvalue weighted by atomic mass is 16.5. The van der Waals surface area contributed by atoms with E-state index in [0.717, 1.165) is 11.3 Å². The zero-order valence-electron chi connectivity index (χ0n) is 18.9. The molecule has 0 saturated carbocycles. The Labute approximate surface area is 198 Å². The average Bonchev–Trinajstić information content (AvgIpc) is 2.89. The van der Waals surface area contributed by atoms with Gasteiger partial charge in [-0.25, -0.2) is 0 Å². The fourth-order valence-electron chi connectivity index (χ4n) is 3.84. The normalized spacial score (nSPS) is 13.3. The lowest BCUT2D eigenvalue weighted by atomic mass is 10.1. The van der Waals surface area contributed by atoms with Crippen molar-refractivity contribution in [3.8, 4) is 5.75 Å². The lowest BCUT2D eigenvalue weighted by Crippen LogP contribution is -2.51. The van der Waals surface area contributed by atoms with Gasteiger partial charge in [-0.15, -0.1) is 0 Å². The van der Waals surface area contributed by atoms with Crippen molar-refractivity contribution in [1.82, 2.24) is 14.8 Å². The van der Waals surface area contributed by atoms with Gasteiger partial charge >= 0.3 is 0 Å². The molecule has 0 atom stereocenters. The molecule has 3 aromatic rings. The van der Waals surface area contributed by atoms with Gasteiger partial charge < -0.3 is 19.9 Å². The van der Waals surface area contributed by atoms with E-state index in [1.807, 2.05) is 24.3 Å². The number of methoxy groups -OCH3 is 1. The molecule has 0 radical (unpaired) electrons. The maximum absolute atomic E-state index is 13.0. The molecular formula is C26H26N4O4. The summed E-state index contributed by atoms with van der Waals surface area (Å²) in [6.07, 6.45) is 3.38. The first-order valence-corrected chi connectivity index (χ1v) is 11.0. The maximum Gasteiger partial charge on any atom is 0.257 e. The number of rotatable bonds is 6. The summed E-state index contributed by atoms with van der Waals surface area (Å²) in [5.74, 6) is 0.332. The Kier molecular flexibility index (Phi) is 7.17. The third-order valence-electron chi connectivity index (χ3n) is 5.70. The van der Waals surface area contributed by atoms with Crippen molar-refractivity contribution in [3.63, 3.8) is 0 Å². The van der Waals surface area contributed by atoms with E-state index >= 15 is 0 Å². The van der Waals surface area contributed by atoms with Crippen molar-refractivity contribution in [2.45, 2.75) is 6.42 Å². The number of hydrogen-bond donors (Lipinski definition) is 1. The summed E-state index contributed by atoms with van der Waals surface area (Å²) >= 11 is 0. The van der Waals surface area contributed by atoms with Gasteiger partial charge in [-0.2, -0.15) is 0 Å². The Bertz CT molecular complexity index is 1170. The van der Waals surface area contributed by atoms with Crippen molar-refractivity contribution < 1.29 is 19.1 Å². The number of amides is 3. The van der Waals surface area contributed by atoms with Gasteiger partial charge in [0.15, 0.2) is 0 Å². The summed E-state index contributed by atoms with van der Waals surface area (Å²) in [6, 6.07) is 17.7. The number of nitrogens with zero attached hydrogens (tertiary/aromatic N) is 3. The molecule has 3 amide bonds. The van der Waals surface area contributed by atoms with Crippen molar-refractivity contribution in [2.75, 3.05) is 38.6 Å². The second kappa shape index (κ2) is 10.6. The van der Waals surface area contributed by atoms with Crippen LogP contribution in [0.25, 0.3) is 0 Å². The second-order valence-corrected chi connectivity index (χ2v) is 7.98. The van der Waals surface area contributed by atoms with Gasteiger partial charge in [0.05, 0.1) is 19.1 Å². The van der Waals surface area contributed by atoms with Gasteiger partial charge in [0.25, 0.3) is 11.8 Å². The predicted molar refractivity (Wildman–Crippen MR) is 128 cm³/mol. The summed E-state index contributed by atoms with van der Waals surface area (Å²) in [5.41, 5.74) is 2.36. The van der Waals surface area contributed by atoms with E-state index in [1.165, 1.54) is 6.20 Å². The Morgan fingerprint density at radius 2 is 1.65 bits per heavy atom. The largest absolute Gasteiger partial charge is 0.497 e. The molecular weight excluding hydrogens is 432 g/mol. The van der Waals surface area contributed by atoms with Crippen molar-refractivity contribution >= 4 is 23.4 Å². The highest BCUT2D eigenvalue weighted by molar-refractivity contribution is 6.05. The van der Waals surface area contributed by atoms with Crippen LogP contribution in [-0.2, 0) is 11.2 Å². The lowest BCUT2D eigenvalue weighted by molar-refractivity contribution is -0.131. The predicted octanol–water partition coefficient (Wildman–Crippen LogP) is 2.87. The van der Waals surface area contributed by atoms with E-state index in [0.29, 0.717) is 49.4 Å². The van der Waals surface area contributed by atoms with E-state index in [4.69, 9.17) is 4.74 Å². The van der Waals surface area contributed by atoms with E-state index in [9.17, 15) is 14.4 Å². The van der Waals surface area contributed by atoms with Gasteiger partial charge in [0.1, 0.15) is 5.75 Å². The lowest BCUT2D eigenvalue weighted by Gasteiger charge is -2.35. The van der Waals surface area contributed by atoms with Crippen LogP contribution in [0.2, 0.25) is 0 Å². The molecule has 0 unspecified atom stereocenters. The van der Waals surface area contributed by atoms with E-state index in [2.05, 4.69) is 10.3 Å². The first kappa shape index (κ1) is 23.0. The number of anilines is 1. The van der Waals surface area contributed by atoms with Crippen LogP contribution in [0.3, 0.4) is 0 Å². The number of piperazine rings is 1. The van der Waals surface area contributed by atoms with E-state index in [1.54, 1.807) is 59.5 Å². The highest BCUT2D eigenvalue weighted by Gasteiger charge is 2.25. The maximum atomic E-state index is 13.0. The standard InChI is InChI=1S/C26H26N4O4/c1-34-23-9-2-5-19(15-23)16-24(31)29-11-13-30(14-12-29)26(33)20-6-3-8-22(17-20)28-25(32)21-7-4-10-27-18-21/h2-10,15,17-18H,11-14,16H2,1H3,(H,28,32). The number of carbonyl (C=O) groups is 3. The zero-order valence-corrected chi connectivity index (χ0v) is 18.9. The molecule has 1 N–H and O–H groups in total. The van der Waals surface area contributed by atoms with Gasteiger partial charge in [0.2, 0.25) is 5.91 Å². The molecule has 174 valence electrons. The van der Waals surface area contributed by atoms with Crippen LogP contribution in [0.1, 0.15) is 26.3 Å². The Balaban J connectivity index is 1.33. The van der Waals surface area contributed by atoms with Gasteiger partial charge in [-0.3, -0.25) is 19.4 Å². The molecule has 34 heavy (non-hydrogen) atoms. The summed E-state index contributed by atoms with van der Waals surface area (Å²) < 4.78 is 5.22. The number of pyridine rings is 1. The number of hydrogen-bond acceptors (Lipinski definition) is 5. The molecule has 8 nitrogen and oxygen atoms in total. The van der Waals surface area contributed by atoms with Crippen molar-refractivity contribution in [1.29, 1.82) is 0 Å². The smallest absolute Gasteiger partial charge is 0.257 e. The number of carbonyl (C=O) groups excluding carboxylic acids is 3. The van der Waals surface area contributed by atoms with Crippen LogP contribution < -0.4 is 10.1 Å². The van der Waals surface area contributed by atoms with Gasteiger partial charge in [0, 0.05) is 49.8 Å². The minimum absolute atomic E-state index is 0.0282. The third kappa shape index (κ3) is 5.58. The van der Waals surface area contributed by atoms with Crippen LogP contribution in [0.5, 0.6) is 5.75 Å². The number of nitrogens with one attached hydrogen (secondary N) is 1. The van der Waals surface area contributed by atoms with Crippen LogP contribution in [0.4, 0.5) is 5.69 Å². The number of aromatic nitrogens is 1. The fourth-order valence-corrected chi connectivity index (χ4v) is 3.84. The topological polar surface area (TPSA) is 91.8 Å². The first-order chi connectivity index (χ1) is 16.5. The zero-order chi connectivity index (χ0) is 23.9. The molecule has 2 aromatic carbocycles. The molecule has 1 aliphatic rings. The van der Waals surface area contributed by atoms with Crippen molar-refractivity contribution in [2.24, 2.45) is 0 Å². The number of benzene rings is 2. The molecule has 1 saturated heterocycles. The van der Waals surface area contributed by atoms with Crippen molar-refractivity contribution in [3.05, 3.63) is 89.7 Å². The Hall–Kier alpha value is -4.20. The molecule has 0 aliphatic carbocycles. The Morgan fingerprint density at radius 1 is 0.912 bits per heavy atom. The summed E-state index contributed by atoms with van der Waals surface area (Å²) in [4.78, 5) is 45.6. The van der Waals surface area contributed by atoms with Crippen LogP contribution in [0, 0.1) is 0 Å². The van der Waals surface area contributed by atoms with Crippen LogP contribution >= 0.6 is 0 Å². The molecule has 4 rings (SSSR count). The highest BCUT2D eigenvalue weighted by Crippen LogP contribution is 2.17. The molecule has 1 aliphatic heterocycles. The summed E-state index contributed by atoms with van der Waals surface area (Å²) in [6.45, 7) is 1.86. The Morgan fingerprint density at radius 3 is 2.38 bits per heavy atom. The SMILES string of the molecule is COc1cccc(CC(=O)N2CCN(C(=O)c3cccc(NC(=O)c4cccnc4)c3)CC2)c1. The monoisotopic (exact) mass is 458 g/mol. The van der Waals surface area contributed by atoms with E-state index < -0.39 is 0 Å². The summed E-state index contributed by atoms with van der Waals surface area (Å²) in [5, 5.41) is 2.80. The van der Waals surface area contributed by atoms with Crippen LogP contribution in [-0.4, -0.2) is 65.8 Å². The fraction of sp³-hybridized carbons (Fsp3) is 0.231. The molecule has 2 heterocycles. The van der Waals surface area contributed by atoms with Gasteiger partial charge in [-0.05, 0) is 48.0 Å². The first-order valence-electron chi connectivity index (χ1n) is 11.0. The minimum atomic E-state index is -0.291.